The number of nitrogens with zero attached hydrogens (tertiary/aromatic N) is 2. The van der Waals surface area contributed by atoms with Gasteiger partial charge in [0.05, 0.1) is 35.6 Å². The van der Waals surface area contributed by atoms with Gasteiger partial charge in [-0.3, -0.25) is 10.2 Å². The molecule has 0 spiro atoms. The van der Waals surface area contributed by atoms with Crippen LogP contribution in [0, 0.1) is 3.57 Å². The van der Waals surface area contributed by atoms with Crippen LogP contribution in [0.1, 0.15) is 18.2 Å². The van der Waals surface area contributed by atoms with Crippen LogP contribution in [0.3, 0.4) is 0 Å². The van der Waals surface area contributed by atoms with E-state index in [0.717, 1.165) is 5.56 Å². The highest BCUT2D eigenvalue weighted by atomic mass is 127. The zero-order valence-electron chi connectivity index (χ0n) is 13.1. The molecule has 2 rings (SSSR count). The number of hydrogen-bond donors (Lipinski definition) is 2. The van der Waals surface area contributed by atoms with Gasteiger partial charge in [0.1, 0.15) is 0 Å². The zero-order valence-corrected chi connectivity index (χ0v) is 16.1. The maximum Gasteiger partial charge on any atom is 0.311 e. The molecular formula is C15H16IN3O4S. The zero-order chi connectivity index (χ0) is 17.5. The minimum absolute atomic E-state index is 0.0769. The number of ether oxygens (including phenoxy) is 2. The average Bonchev–Trinajstić information content (AvgIpc) is 2.99. The predicted molar refractivity (Wildman–Crippen MR) is 101 cm³/mol. The lowest BCUT2D eigenvalue weighted by Gasteiger charge is -2.06. The van der Waals surface area contributed by atoms with Crippen LogP contribution in [0.15, 0.2) is 22.6 Å². The van der Waals surface area contributed by atoms with E-state index in [1.807, 2.05) is 22.6 Å². The molecular weight excluding hydrogens is 445 g/mol. The van der Waals surface area contributed by atoms with Gasteiger partial charge in [0, 0.05) is 10.9 Å². The molecule has 2 N–H and O–H groups in total. The average molecular weight is 461 g/mol. The molecule has 0 amide bonds. The van der Waals surface area contributed by atoms with Crippen molar-refractivity contribution in [2.24, 2.45) is 5.10 Å². The Labute approximate surface area is 156 Å². The second-order valence-corrected chi connectivity index (χ2v) is 6.45. The number of anilines is 1. The number of aromatic nitrogens is 1. The van der Waals surface area contributed by atoms with Crippen molar-refractivity contribution in [2.45, 2.75) is 13.3 Å². The number of rotatable bonds is 7. The molecule has 0 atom stereocenters. The summed E-state index contributed by atoms with van der Waals surface area (Å²) < 4.78 is 10.6. The number of benzene rings is 1. The van der Waals surface area contributed by atoms with Gasteiger partial charge in [-0.05, 0) is 41.6 Å². The summed E-state index contributed by atoms with van der Waals surface area (Å²) in [6.07, 6.45) is 1.72. The molecule has 1 aromatic heterocycles. The fraction of sp³-hybridized carbons (Fsp3) is 0.267. The van der Waals surface area contributed by atoms with Crippen molar-refractivity contribution in [1.29, 1.82) is 0 Å². The molecule has 0 aliphatic rings. The normalized spacial score (nSPS) is 10.8. The highest BCUT2D eigenvalue weighted by molar-refractivity contribution is 14.1. The number of thiazole rings is 1. The van der Waals surface area contributed by atoms with Crippen LogP contribution in [0.2, 0.25) is 0 Å². The fourth-order valence-corrected chi connectivity index (χ4v) is 3.03. The first-order chi connectivity index (χ1) is 11.5. The maximum atomic E-state index is 11.4. The lowest BCUT2D eigenvalue weighted by Crippen LogP contribution is -2.07. The number of esters is 1. The summed E-state index contributed by atoms with van der Waals surface area (Å²) in [6.45, 7) is 2.12. The van der Waals surface area contributed by atoms with E-state index < -0.39 is 0 Å². The van der Waals surface area contributed by atoms with Gasteiger partial charge < -0.3 is 14.6 Å². The molecule has 1 heterocycles. The molecule has 1 aromatic carbocycles. The Kier molecular flexibility index (Phi) is 6.79. The lowest BCUT2D eigenvalue weighted by atomic mass is 10.2. The van der Waals surface area contributed by atoms with Crippen molar-refractivity contribution in [2.75, 3.05) is 19.1 Å². The Morgan fingerprint density at radius 2 is 2.33 bits per heavy atom. The number of phenols is 1. The Morgan fingerprint density at radius 3 is 3.04 bits per heavy atom. The summed E-state index contributed by atoms with van der Waals surface area (Å²) in [5.74, 6) is 0.183. The monoisotopic (exact) mass is 461 g/mol. The molecule has 0 saturated heterocycles. The highest BCUT2D eigenvalue weighted by Gasteiger charge is 2.10. The third kappa shape index (κ3) is 4.81. The number of hydrazone groups is 1. The largest absolute Gasteiger partial charge is 0.504 e. The molecule has 2 aromatic rings. The van der Waals surface area contributed by atoms with Crippen molar-refractivity contribution in [3.63, 3.8) is 0 Å². The van der Waals surface area contributed by atoms with Crippen molar-refractivity contribution >= 4 is 51.2 Å². The van der Waals surface area contributed by atoms with Gasteiger partial charge in [-0.1, -0.05) is 0 Å². The number of halogens is 1. The van der Waals surface area contributed by atoms with Crippen LogP contribution in [-0.2, 0) is 16.0 Å². The molecule has 0 radical (unpaired) electrons. The molecule has 128 valence electrons. The molecule has 0 aliphatic heterocycles. The predicted octanol–water partition coefficient (Wildman–Crippen LogP) is 3.01. The number of phenolic OH excluding ortho intramolecular Hbond substituents is 1. The van der Waals surface area contributed by atoms with Gasteiger partial charge in [0.2, 0.25) is 5.13 Å². The first kappa shape index (κ1) is 18.5. The van der Waals surface area contributed by atoms with Crippen LogP contribution in [0.25, 0.3) is 0 Å². The summed E-state index contributed by atoms with van der Waals surface area (Å²) in [4.78, 5) is 15.7. The Bertz CT molecular complexity index is 748. The van der Waals surface area contributed by atoms with E-state index in [1.54, 1.807) is 30.7 Å². The van der Waals surface area contributed by atoms with Crippen LogP contribution < -0.4 is 10.2 Å². The molecule has 0 unspecified atom stereocenters. The van der Waals surface area contributed by atoms with Gasteiger partial charge in [-0.2, -0.15) is 5.10 Å². The number of hydrogen-bond acceptors (Lipinski definition) is 8. The summed E-state index contributed by atoms with van der Waals surface area (Å²) in [6, 6.07) is 3.46. The highest BCUT2D eigenvalue weighted by Crippen LogP contribution is 2.32. The van der Waals surface area contributed by atoms with Crippen LogP contribution in [0.5, 0.6) is 11.5 Å². The van der Waals surface area contributed by atoms with Gasteiger partial charge in [-0.25, -0.2) is 4.98 Å². The smallest absolute Gasteiger partial charge is 0.311 e. The molecule has 24 heavy (non-hydrogen) atoms. The number of nitrogens with one attached hydrogen (secondary N) is 1. The Balaban J connectivity index is 1.99. The van der Waals surface area contributed by atoms with Gasteiger partial charge in [0.15, 0.2) is 11.5 Å². The third-order valence-electron chi connectivity index (χ3n) is 2.88. The first-order valence-corrected chi connectivity index (χ1v) is 8.95. The molecule has 0 bridgehead atoms. The van der Waals surface area contributed by atoms with Gasteiger partial charge in [0.25, 0.3) is 0 Å². The number of aromatic hydroxyl groups is 1. The second kappa shape index (κ2) is 8.83. The Morgan fingerprint density at radius 1 is 1.54 bits per heavy atom. The van der Waals surface area contributed by atoms with Crippen molar-refractivity contribution in [1.82, 2.24) is 4.98 Å². The standard InChI is InChI=1S/C15H16IN3O4S/c1-3-23-12(20)6-10-8-24-15(18-10)19-17-7-9-4-5-11(22-2)14(21)13(9)16/h4-5,7-8,21H,3,6H2,1-2H3,(H,18,19). The fourth-order valence-electron chi connectivity index (χ4n) is 1.78. The number of carbonyl (C=O) groups is 1. The molecule has 0 saturated carbocycles. The van der Waals surface area contributed by atoms with E-state index in [2.05, 4.69) is 15.5 Å². The van der Waals surface area contributed by atoms with Crippen LogP contribution in [-0.4, -0.2) is 36.0 Å². The van der Waals surface area contributed by atoms with Crippen LogP contribution >= 0.6 is 33.9 Å². The van der Waals surface area contributed by atoms with E-state index in [4.69, 9.17) is 9.47 Å². The molecule has 7 nitrogen and oxygen atoms in total. The summed E-state index contributed by atoms with van der Waals surface area (Å²) >= 11 is 3.36. The van der Waals surface area contributed by atoms with E-state index >= 15 is 0 Å². The molecule has 0 fully saturated rings. The van der Waals surface area contributed by atoms with E-state index in [1.165, 1.54) is 18.4 Å². The van der Waals surface area contributed by atoms with E-state index in [-0.39, 0.29) is 18.1 Å². The third-order valence-corrected chi connectivity index (χ3v) is 4.80. The quantitative estimate of drug-likeness (QED) is 0.285. The topological polar surface area (TPSA) is 93.0 Å². The van der Waals surface area contributed by atoms with Crippen molar-refractivity contribution < 1.29 is 19.4 Å². The Hall–Kier alpha value is -1.88. The van der Waals surface area contributed by atoms with Crippen molar-refractivity contribution in [3.05, 3.63) is 32.3 Å². The minimum atomic E-state index is -0.305. The molecule has 9 heteroatoms. The summed E-state index contributed by atoms with van der Waals surface area (Å²) in [7, 11) is 1.50. The summed E-state index contributed by atoms with van der Waals surface area (Å²) in [5.41, 5.74) is 4.18. The number of methoxy groups -OCH3 is 1. The van der Waals surface area contributed by atoms with Gasteiger partial charge in [-0.15, -0.1) is 11.3 Å². The number of carbonyl (C=O) groups excluding carboxylic acids is 1. The maximum absolute atomic E-state index is 11.4. The van der Waals surface area contributed by atoms with Gasteiger partial charge >= 0.3 is 5.97 Å². The second-order valence-electron chi connectivity index (χ2n) is 4.52. The van der Waals surface area contributed by atoms with E-state index in [0.29, 0.717) is 26.8 Å². The SMILES string of the molecule is CCOC(=O)Cc1csc(NN=Cc2ccc(OC)c(O)c2I)n1. The lowest BCUT2D eigenvalue weighted by molar-refractivity contribution is -0.142. The van der Waals surface area contributed by atoms with E-state index in [9.17, 15) is 9.90 Å². The summed E-state index contributed by atoms with van der Waals surface area (Å²) in [5, 5.41) is 16.4. The molecule has 0 aliphatic carbocycles. The van der Waals surface area contributed by atoms with Crippen LogP contribution in [0.4, 0.5) is 5.13 Å². The minimum Gasteiger partial charge on any atom is -0.504 e. The van der Waals surface area contributed by atoms with Crippen molar-refractivity contribution in [3.8, 4) is 11.5 Å². The first-order valence-electron chi connectivity index (χ1n) is 6.99.